The molecule has 0 amide bonds. The van der Waals surface area contributed by atoms with Crippen LogP contribution < -0.4 is 4.74 Å². The number of aliphatic hydroxyl groups excluding tert-OH is 1. The smallest absolute Gasteiger partial charge is 0.143 e. The molecule has 0 unspecified atom stereocenters. The van der Waals surface area contributed by atoms with Gasteiger partial charge in [-0.05, 0) is 12.1 Å². The van der Waals surface area contributed by atoms with Gasteiger partial charge in [-0.2, -0.15) is 0 Å². The normalized spacial score (nSPS) is 14.4. The average molecular weight is 189 g/mol. The summed E-state index contributed by atoms with van der Waals surface area (Å²) >= 11 is 0. The summed E-state index contributed by atoms with van der Waals surface area (Å²) in [5.41, 5.74) is 2.08. The summed E-state index contributed by atoms with van der Waals surface area (Å²) < 4.78 is 7.68. The van der Waals surface area contributed by atoms with Crippen LogP contribution in [-0.4, -0.2) is 16.3 Å². The van der Waals surface area contributed by atoms with Crippen molar-refractivity contribution in [3.63, 3.8) is 0 Å². The van der Waals surface area contributed by atoms with Crippen LogP contribution in [-0.2, 0) is 13.2 Å². The molecule has 0 spiro atoms. The van der Waals surface area contributed by atoms with Gasteiger partial charge in [-0.1, -0.05) is 12.1 Å². The number of aliphatic hydroxyl groups is 1. The van der Waals surface area contributed by atoms with E-state index in [1.807, 2.05) is 24.3 Å². The van der Waals surface area contributed by atoms with Crippen LogP contribution in [0.2, 0.25) is 0 Å². The Morgan fingerprint density at radius 2 is 2.36 bits per heavy atom. The molecule has 1 N–H and O–H groups in total. The van der Waals surface area contributed by atoms with Gasteiger partial charge in [0, 0.05) is 11.1 Å². The molecule has 0 fully saturated rings. The van der Waals surface area contributed by atoms with Gasteiger partial charge < -0.3 is 14.4 Å². The topological polar surface area (TPSA) is 34.4 Å². The Kier molecular flexibility index (Phi) is 1.55. The zero-order valence-corrected chi connectivity index (χ0v) is 7.73. The van der Waals surface area contributed by atoms with E-state index in [1.54, 1.807) is 0 Å². The Balaban J connectivity index is 2.42. The van der Waals surface area contributed by atoms with Crippen molar-refractivity contribution in [1.29, 1.82) is 0 Å². The molecular weight excluding hydrogens is 178 g/mol. The van der Waals surface area contributed by atoms with Gasteiger partial charge in [0.15, 0.2) is 0 Å². The minimum absolute atomic E-state index is 0.0914. The third-order valence-electron chi connectivity index (χ3n) is 2.70. The Bertz CT molecular complexity index is 487. The molecule has 2 aromatic rings. The summed E-state index contributed by atoms with van der Waals surface area (Å²) in [6.07, 6.45) is 0. The minimum Gasteiger partial charge on any atom is -0.490 e. The van der Waals surface area contributed by atoms with Crippen molar-refractivity contribution in [2.24, 2.45) is 0 Å². The number of hydrogen-bond acceptors (Lipinski definition) is 2. The van der Waals surface area contributed by atoms with Gasteiger partial charge in [-0.15, -0.1) is 0 Å². The van der Waals surface area contributed by atoms with Crippen LogP contribution in [0.1, 0.15) is 5.69 Å². The number of nitrogens with zero attached hydrogens (tertiary/aromatic N) is 1. The quantitative estimate of drug-likeness (QED) is 0.738. The van der Waals surface area contributed by atoms with E-state index in [-0.39, 0.29) is 6.61 Å². The van der Waals surface area contributed by atoms with E-state index in [0.29, 0.717) is 6.61 Å². The van der Waals surface area contributed by atoms with Crippen molar-refractivity contribution >= 4 is 10.9 Å². The summed E-state index contributed by atoms with van der Waals surface area (Å²) in [4.78, 5) is 0. The first-order valence-corrected chi connectivity index (χ1v) is 4.75. The molecule has 0 saturated heterocycles. The zero-order chi connectivity index (χ0) is 9.54. The van der Waals surface area contributed by atoms with Crippen LogP contribution in [0.15, 0.2) is 24.3 Å². The predicted octanol–water partition coefficient (Wildman–Crippen LogP) is 1.53. The van der Waals surface area contributed by atoms with Gasteiger partial charge in [0.25, 0.3) is 0 Å². The fourth-order valence-electron chi connectivity index (χ4n) is 2.10. The van der Waals surface area contributed by atoms with E-state index < -0.39 is 0 Å². The first kappa shape index (κ1) is 7.88. The van der Waals surface area contributed by atoms with Crippen molar-refractivity contribution in [2.75, 3.05) is 6.61 Å². The average Bonchev–Trinajstić information content (AvgIpc) is 2.60. The molecule has 0 aliphatic carbocycles. The van der Waals surface area contributed by atoms with Crippen molar-refractivity contribution < 1.29 is 9.84 Å². The number of aromatic nitrogens is 1. The summed E-state index contributed by atoms with van der Waals surface area (Å²) in [5.74, 6) is 0.924. The van der Waals surface area contributed by atoms with Crippen molar-refractivity contribution in [1.82, 2.24) is 4.57 Å². The van der Waals surface area contributed by atoms with Crippen LogP contribution in [0.5, 0.6) is 5.75 Å². The maximum Gasteiger partial charge on any atom is 0.143 e. The molecule has 0 radical (unpaired) electrons. The largest absolute Gasteiger partial charge is 0.490 e. The second kappa shape index (κ2) is 2.75. The fourth-order valence-corrected chi connectivity index (χ4v) is 2.10. The van der Waals surface area contributed by atoms with Crippen LogP contribution in [0.25, 0.3) is 10.9 Å². The number of rotatable bonds is 1. The lowest BCUT2D eigenvalue weighted by Gasteiger charge is -2.18. The van der Waals surface area contributed by atoms with E-state index >= 15 is 0 Å². The minimum atomic E-state index is 0.0914. The van der Waals surface area contributed by atoms with Gasteiger partial charge in [0.05, 0.1) is 18.7 Å². The standard InChI is InChI=1S/C11H11NO2/c13-7-9-6-8-2-1-3-10-11(8)12(9)4-5-14-10/h1-3,6,13H,4-5,7H2. The molecule has 0 saturated carbocycles. The monoisotopic (exact) mass is 189 g/mol. The highest BCUT2D eigenvalue weighted by atomic mass is 16.5. The van der Waals surface area contributed by atoms with E-state index in [9.17, 15) is 5.11 Å². The maximum absolute atomic E-state index is 9.20. The third kappa shape index (κ3) is 0.902. The van der Waals surface area contributed by atoms with Crippen molar-refractivity contribution in [3.05, 3.63) is 30.0 Å². The summed E-state index contributed by atoms with van der Waals surface area (Å²) in [6, 6.07) is 8.02. The second-order valence-corrected chi connectivity index (χ2v) is 3.49. The molecule has 3 nitrogen and oxygen atoms in total. The van der Waals surface area contributed by atoms with Crippen molar-refractivity contribution in [2.45, 2.75) is 13.2 Å². The molecule has 1 aromatic heterocycles. The Hall–Kier alpha value is -1.48. The molecule has 14 heavy (non-hydrogen) atoms. The zero-order valence-electron chi connectivity index (χ0n) is 7.73. The predicted molar refractivity (Wildman–Crippen MR) is 53.4 cm³/mol. The fraction of sp³-hybridized carbons (Fsp3) is 0.273. The van der Waals surface area contributed by atoms with Crippen LogP contribution in [0, 0.1) is 0 Å². The highest BCUT2D eigenvalue weighted by Gasteiger charge is 2.16. The lowest BCUT2D eigenvalue weighted by molar-refractivity contribution is 0.253. The first-order valence-electron chi connectivity index (χ1n) is 4.75. The van der Waals surface area contributed by atoms with Gasteiger partial charge in [0.2, 0.25) is 0 Å². The lowest BCUT2D eigenvalue weighted by Crippen LogP contribution is -2.15. The van der Waals surface area contributed by atoms with E-state index in [4.69, 9.17) is 4.74 Å². The molecule has 0 bridgehead atoms. The van der Waals surface area contributed by atoms with Crippen LogP contribution in [0.3, 0.4) is 0 Å². The highest BCUT2D eigenvalue weighted by molar-refractivity contribution is 5.87. The number of para-hydroxylation sites is 1. The van der Waals surface area contributed by atoms with Crippen molar-refractivity contribution in [3.8, 4) is 5.75 Å². The molecule has 1 aromatic carbocycles. The molecule has 2 heterocycles. The second-order valence-electron chi connectivity index (χ2n) is 3.49. The number of hydrogen-bond donors (Lipinski definition) is 1. The van der Waals surface area contributed by atoms with Gasteiger partial charge in [-0.3, -0.25) is 0 Å². The Morgan fingerprint density at radius 1 is 1.43 bits per heavy atom. The van der Waals surface area contributed by atoms with Crippen LogP contribution >= 0.6 is 0 Å². The first-order chi connectivity index (χ1) is 6.90. The summed E-state index contributed by atoms with van der Waals surface area (Å²) in [6.45, 7) is 1.61. The molecule has 3 rings (SSSR count). The lowest BCUT2D eigenvalue weighted by atomic mass is 10.2. The van der Waals surface area contributed by atoms with E-state index in [2.05, 4.69) is 4.57 Å². The van der Waals surface area contributed by atoms with Gasteiger partial charge >= 0.3 is 0 Å². The molecule has 0 atom stereocenters. The summed E-state index contributed by atoms with van der Waals surface area (Å²) in [5, 5.41) is 10.3. The Morgan fingerprint density at radius 3 is 3.21 bits per heavy atom. The molecule has 1 aliphatic heterocycles. The van der Waals surface area contributed by atoms with Crippen LogP contribution in [0.4, 0.5) is 0 Å². The SMILES string of the molecule is OCc1cc2cccc3c2n1CCO3. The van der Waals surface area contributed by atoms with Gasteiger partial charge in [0.1, 0.15) is 12.4 Å². The number of ether oxygens (including phenoxy) is 1. The maximum atomic E-state index is 9.20. The van der Waals surface area contributed by atoms with E-state index in [0.717, 1.165) is 28.9 Å². The molecule has 1 aliphatic rings. The molecular formula is C11H11NO2. The summed E-state index contributed by atoms with van der Waals surface area (Å²) in [7, 11) is 0. The molecule has 72 valence electrons. The van der Waals surface area contributed by atoms with E-state index in [1.165, 1.54) is 0 Å². The highest BCUT2D eigenvalue weighted by Crippen LogP contribution is 2.31. The molecule has 3 heteroatoms. The third-order valence-corrected chi connectivity index (χ3v) is 2.70. The van der Waals surface area contributed by atoms with Gasteiger partial charge in [-0.25, -0.2) is 0 Å². The Labute approximate surface area is 81.5 Å². The number of benzene rings is 1.